The van der Waals surface area contributed by atoms with E-state index in [9.17, 15) is 4.79 Å². The zero-order valence-corrected chi connectivity index (χ0v) is 13.0. The SMILES string of the molecule is O=C(Cn1cnc2ncncc21)NCc1nc(-c2cccnc2)n[nH]1. The van der Waals surface area contributed by atoms with Crippen LogP contribution in [0, 0.1) is 0 Å². The Bertz CT molecular complexity index is 1010. The average Bonchev–Trinajstić information content (AvgIpc) is 3.28. The molecule has 10 nitrogen and oxygen atoms in total. The lowest BCUT2D eigenvalue weighted by atomic mass is 10.3. The molecule has 0 bridgehead atoms. The Morgan fingerprint density at radius 2 is 2.20 bits per heavy atom. The van der Waals surface area contributed by atoms with Crippen LogP contribution in [-0.4, -0.2) is 45.6 Å². The fourth-order valence-electron chi connectivity index (χ4n) is 2.32. The highest BCUT2D eigenvalue weighted by Crippen LogP contribution is 2.12. The number of nitrogens with one attached hydrogen (secondary N) is 2. The standard InChI is InChI=1S/C15H13N9O/c25-13(7-24-9-20-15-11(24)5-17-8-19-15)18-6-12-21-14(23-22-12)10-2-1-3-16-4-10/h1-5,8-9H,6-7H2,(H,18,25)(H,21,22,23). The largest absolute Gasteiger partial charge is 0.347 e. The lowest BCUT2D eigenvalue weighted by Crippen LogP contribution is -2.27. The van der Waals surface area contributed by atoms with Gasteiger partial charge in [-0.25, -0.2) is 19.9 Å². The summed E-state index contributed by atoms with van der Waals surface area (Å²) in [6, 6.07) is 3.68. The van der Waals surface area contributed by atoms with Crippen molar-refractivity contribution >= 4 is 17.1 Å². The van der Waals surface area contributed by atoms with Crippen LogP contribution in [0.15, 0.2) is 43.4 Å². The molecule has 4 aromatic heterocycles. The number of aromatic amines is 1. The third-order valence-electron chi connectivity index (χ3n) is 3.52. The van der Waals surface area contributed by atoms with E-state index in [2.05, 4.69) is 40.4 Å². The lowest BCUT2D eigenvalue weighted by molar-refractivity contribution is -0.121. The van der Waals surface area contributed by atoms with Gasteiger partial charge in [-0.05, 0) is 12.1 Å². The van der Waals surface area contributed by atoms with Crippen molar-refractivity contribution in [3.63, 3.8) is 0 Å². The van der Waals surface area contributed by atoms with Gasteiger partial charge >= 0.3 is 0 Å². The molecule has 0 atom stereocenters. The van der Waals surface area contributed by atoms with Gasteiger partial charge in [-0.15, -0.1) is 0 Å². The van der Waals surface area contributed by atoms with Gasteiger partial charge in [0.25, 0.3) is 0 Å². The van der Waals surface area contributed by atoms with Crippen molar-refractivity contribution in [2.45, 2.75) is 13.1 Å². The van der Waals surface area contributed by atoms with Crippen molar-refractivity contribution in [2.75, 3.05) is 0 Å². The second-order valence-electron chi connectivity index (χ2n) is 5.23. The number of nitrogens with zero attached hydrogens (tertiary/aromatic N) is 7. The van der Waals surface area contributed by atoms with Crippen LogP contribution in [0.2, 0.25) is 0 Å². The van der Waals surface area contributed by atoms with Crippen LogP contribution in [0.1, 0.15) is 5.82 Å². The van der Waals surface area contributed by atoms with Gasteiger partial charge in [0, 0.05) is 18.0 Å². The molecule has 4 aromatic rings. The number of pyridine rings is 1. The lowest BCUT2D eigenvalue weighted by Gasteiger charge is -2.04. The maximum atomic E-state index is 12.1. The molecule has 0 unspecified atom stereocenters. The molecule has 0 fully saturated rings. The molecule has 0 aliphatic rings. The first-order chi connectivity index (χ1) is 12.3. The number of aromatic nitrogens is 8. The van der Waals surface area contributed by atoms with Crippen LogP contribution < -0.4 is 5.32 Å². The second kappa shape index (κ2) is 6.43. The summed E-state index contributed by atoms with van der Waals surface area (Å²) in [4.78, 5) is 32.6. The molecule has 0 aromatic carbocycles. The molecular weight excluding hydrogens is 322 g/mol. The fourth-order valence-corrected chi connectivity index (χ4v) is 2.32. The summed E-state index contributed by atoms with van der Waals surface area (Å²) in [5.74, 6) is 0.920. The van der Waals surface area contributed by atoms with Gasteiger partial charge in [0.05, 0.1) is 19.1 Å². The predicted molar refractivity (Wildman–Crippen MR) is 86.8 cm³/mol. The van der Waals surface area contributed by atoms with E-state index in [1.807, 2.05) is 12.1 Å². The summed E-state index contributed by atoms with van der Waals surface area (Å²) in [5.41, 5.74) is 2.07. The molecule has 0 saturated carbocycles. The Balaban J connectivity index is 1.38. The molecule has 0 spiro atoms. The Morgan fingerprint density at radius 1 is 1.24 bits per heavy atom. The summed E-state index contributed by atoms with van der Waals surface area (Å²) in [6.07, 6.45) is 7.97. The minimum Gasteiger partial charge on any atom is -0.347 e. The normalized spacial score (nSPS) is 10.9. The smallest absolute Gasteiger partial charge is 0.240 e. The quantitative estimate of drug-likeness (QED) is 0.537. The Hall–Kier alpha value is -3.69. The summed E-state index contributed by atoms with van der Waals surface area (Å²) >= 11 is 0. The summed E-state index contributed by atoms with van der Waals surface area (Å²) in [6.45, 7) is 0.364. The van der Waals surface area contributed by atoms with Crippen molar-refractivity contribution in [3.8, 4) is 11.4 Å². The van der Waals surface area contributed by atoms with Crippen molar-refractivity contribution in [3.05, 3.63) is 49.2 Å². The third-order valence-corrected chi connectivity index (χ3v) is 3.52. The van der Waals surface area contributed by atoms with Crippen molar-refractivity contribution in [1.82, 2.24) is 45.0 Å². The number of fused-ring (bicyclic) bond motifs is 1. The third kappa shape index (κ3) is 3.17. The summed E-state index contributed by atoms with van der Waals surface area (Å²) in [5, 5.41) is 9.72. The highest BCUT2D eigenvalue weighted by atomic mass is 16.1. The van der Waals surface area contributed by atoms with Crippen molar-refractivity contribution in [2.24, 2.45) is 0 Å². The Morgan fingerprint density at radius 3 is 3.08 bits per heavy atom. The fraction of sp³-hybridized carbons (Fsp3) is 0.133. The van der Waals surface area contributed by atoms with Gasteiger partial charge in [0.2, 0.25) is 5.91 Å². The first kappa shape index (κ1) is 14.9. The number of H-pyrrole nitrogens is 1. The van der Waals surface area contributed by atoms with Gasteiger partial charge in [0.1, 0.15) is 24.2 Å². The molecule has 1 amide bonds. The number of rotatable bonds is 5. The van der Waals surface area contributed by atoms with E-state index >= 15 is 0 Å². The predicted octanol–water partition coefficient (Wildman–Crippen LogP) is 0.323. The molecule has 124 valence electrons. The van der Waals surface area contributed by atoms with E-state index in [1.54, 1.807) is 29.5 Å². The number of carbonyl (C=O) groups is 1. The van der Waals surface area contributed by atoms with E-state index < -0.39 is 0 Å². The van der Waals surface area contributed by atoms with Crippen LogP contribution in [0.4, 0.5) is 0 Å². The molecular formula is C15H13N9O. The number of hydrogen-bond donors (Lipinski definition) is 2. The number of imidazole rings is 1. The zero-order valence-electron chi connectivity index (χ0n) is 13.0. The van der Waals surface area contributed by atoms with Crippen LogP contribution in [0.3, 0.4) is 0 Å². The minimum atomic E-state index is -0.178. The van der Waals surface area contributed by atoms with Crippen LogP contribution in [0.5, 0.6) is 0 Å². The van der Waals surface area contributed by atoms with Gasteiger partial charge in [0.15, 0.2) is 11.5 Å². The molecule has 0 saturated heterocycles. The van der Waals surface area contributed by atoms with E-state index in [4.69, 9.17) is 0 Å². The van der Waals surface area contributed by atoms with Crippen molar-refractivity contribution in [1.29, 1.82) is 0 Å². The minimum absolute atomic E-state index is 0.119. The first-order valence-corrected chi connectivity index (χ1v) is 7.49. The monoisotopic (exact) mass is 335 g/mol. The van der Waals surface area contributed by atoms with Gasteiger partial charge < -0.3 is 9.88 Å². The Labute approximate surface area is 141 Å². The number of hydrogen-bond acceptors (Lipinski definition) is 7. The molecule has 0 aliphatic carbocycles. The Kier molecular flexibility index (Phi) is 3.83. The topological polar surface area (TPSA) is 127 Å². The molecule has 0 aliphatic heterocycles. The number of carbonyl (C=O) groups excluding carboxylic acids is 1. The van der Waals surface area contributed by atoms with E-state index in [0.29, 0.717) is 22.8 Å². The van der Waals surface area contributed by atoms with Crippen molar-refractivity contribution < 1.29 is 4.79 Å². The van der Waals surface area contributed by atoms with E-state index in [-0.39, 0.29) is 19.0 Å². The molecule has 10 heteroatoms. The highest BCUT2D eigenvalue weighted by molar-refractivity contribution is 5.78. The maximum absolute atomic E-state index is 12.1. The van der Waals surface area contributed by atoms with Gasteiger partial charge in [-0.3, -0.25) is 14.9 Å². The van der Waals surface area contributed by atoms with Gasteiger partial charge in [-0.1, -0.05) is 0 Å². The van der Waals surface area contributed by atoms with Crippen LogP contribution in [-0.2, 0) is 17.9 Å². The molecule has 4 heterocycles. The van der Waals surface area contributed by atoms with E-state index in [1.165, 1.54) is 6.33 Å². The molecule has 4 rings (SSSR count). The van der Waals surface area contributed by atoms with Crippen LogP contribution >= 0.6 is 0 Å². The second-order valence-corrected chi connectivity index (χ2v) is 5.23. The molecule has 2 N–H and O–H groups in total. The molecule has 0 radical (unpaired) electrons. The van der Waals surface area contributed by atoms with E-state index in [0.717, 1.165) is 5.56 Å². The van der Waals surface area contributed by atoms with Gasteiger partial charge in [-0.2, -0.15) is 5.10 Å². The number of amides is 1. The zero-order chi connectivity index (χ0) is 17.1. The highest BCUT2D eigenvalue weighted by Gasteiger charge is 2.10. The summed E-state index contributed by atoms with van der Waals surface area (Å²) < 4.78 is 1.69. The first-order valence-electron chi connectivity index (χ1n) is 7.49. The maximum Gasteiger partial charge on any atom is 0.240 e. The average molecular weight is 335 g/mol. The summed E-state index contributed by atoms with van der Waals surface area (Å²) in [7, 11) is 0. The molecule has 25 heavy (non-hydrogen) atoms. The van der Waals surface area contributed by atoms with Crippen LogP contribution in [0.25, 0.3) is 22.6 Å².